The number of para-hydroxylation sites is 1. The quantitative estimate of drug-likeness (QED) is 0.686. The number of hydrogen-bond donors (Lipinski definition) is 0. The summed E-state index contributed by atoms with van der Waals surface area (Å²) in [5.41, 5.74) is 4.13. The molecule has 1 atom stereocenters. The Balaban J connectivity index is 1.52. The SMILES string of the molecule is Cc1c(CN2CCOC(Cc3ccccc3)C2)c(=O)n(-c2ccccc2)n1C. The number of hydrogen-bond acceptors (Lipinski definition) is 3. The minimum absolute atomic E-state index is 0.0669. The molecule has 0 amide bonds. The molecule has 2 heterocycles. The zero-order valence-electron chi connectivity index (χ0n) is 16.5. The van der Waals surface area contributed by atoms with Gasteiger partial charge in [-0.3, -0.25) is 14.4 Å². The van der Waals surface area contributed by atoms with Crippen molar-refractivity contribution in [3.05, 3.63) is 87.8 Å². The van der Waals surface area contributed by atoms with Crippen LogP contribution in [0.15, 0.2) is 65.5 Å². The topological polar surface area (TPSA) is 39.4 Å². The smallest absolute Gasteiger partial charge is 0.276 e. The van der Waals surface area contributed by atoms with Gasteiger partial charge in [0.05, 0.1) is 24.0 Å². The van der Waals surface area contributed by atoms with Gasteiger partial charge in [0.25, 0.3) is 5.56 Å². The summed E-state index contributed by atoms with van der Waals surface area (Å²) in [5, 5.41) is 0. The lowest BCUT2D eigenvalue weighted by Crippen LogP contribution is -2.43. The van der Waals surface area contributed by atoms with Gasteiger partial charge in [0.1, 0.15) is 0 Å². The van der Waals surface area contributed by atoms with Crippen molar-refractivity contribution in [3.8, 4) is 5.69 Å². The fraction of sp³-hybridized carbons (Fsp3) is 0.348. The van der Waals surface area contributed by atoms with E-state index >= 15 is 0 Å². The number of morpholine rings is 1. The summed E-state index contributed by atoms with van der Waals surface area (Å²) in [4.78, 5) is 15.5. The summed E-state index contributed by atoms with van der Waals surface area (Å²) in [6.45, 7) is 5.08. The van der Waals surface area contributed by atoms with E-state index in [1.165, 1.54) is 5.56 Å². The van der Waals surface area contributed by atoms with E-state index in [1.54, 1.807) is 4.68 Å². The molecule has 4 rings (SSSR count). The van der Waals surface area contributed by atoms with Crippen molar-refractivity contribution in [1.82, 2.24) is 14.3 Å². The molecule has 5 nitrogen and oxygen atoms in total. The second-order valence-electron chi connectivity index (χ2n) is 7.46. The third kappa shape index (κ3) is 3.81. The lowest BCUT2D eigenvalue weighted by atomic mass is 10.1. The van der Waals surface area contributed by atoms with E-state index in [4.69, 9.17) is 4.74 Å². The van der Waals surface area contributed by atoms with E-state index < -0.39 is 0 Å². The first-order valence-corrected chi connectivity index (χ1v) is 9.84. The number of nitrogens with zero attached hydrogens (tertiary/aromatic N) is 3. The molecule has 0 saturated carbocycles. The zero-order chi connectivity index (χ0) is 19.5. The van der Waals surface area contributed by atoms with Crippen LogP contribution in [0.5, 0.6) is 0 Å². The fourth-order valence-corrected chi connectivity index (χ4v) is 3.95. The van der Waals surface area contributed by atoms with Gasteiger partial charge in [0, 0.05) is 32.4 Å². The Hall–Kier alpha value is -2.63. The van der Waals surface area contributed by atoms with Gasteiger partial charge in [-0.25, -0.2) is 4.68 Å². The summed E-state index contributed by atoms with van der Waals surface area (Å²) in [6, 6.07) is 20.3. The van der Waals surface area contributed by atoms with Gasteiger partial charge in [-0.15, -0.1) is 0 Å². The highest BCUT2D eigenvalue weighted by Gasteiger charge is 2.24. The van der Waals surface area contributed by atoms with Gasteiger partial charge >= 0.3 is 0 Å². The van der Waals surface area contributed by atoms with Crippen LogP contribution < -0.4 is 5.56 Å². The second-order valence-corrected chi connectivity index (χ2v) is 7.46. The minimum atomic E-state index is 0.0669. The molecule has 3 aromatic rings. The third-order valence-electron chi connectivity index (χ3n) is 5.58. The zero-order valence-corrected chi connectivity index (χ0v) is 16.5. The Morgan fingerprint density at radius 2 is 1.71 bits per heavy atom. The number of ether oxygens (including phenoxy) is 1. The maximum absolute atomic E-state index is 13.1. The maximum atomic E-state index is 13.1. The van der Waals surface area contributed by atoms with Crippen molar-refractivity contribution in [2.75, 3.05) is 19.7 Å². The Morgan fingerprint density at radius 1 is 1.04 bits per heavy atom. The largest absolute Gasteiger partial charge is 0.375 e. The van der Waals surface area contributed by atoms with Crippen molar-refractivity contribution in [2.24, 2.45) is 7.05 Å². The van der Waals surface area contributed by atoms with Crippen LogP contribution in [0.1, 0.15) is 16.8 Å². The maximum Gasteiger partial charge on any atom is 0.276 e. The molecule has 0 spiro atoms. The van der Waals surface area contributed by atoms with E-state index in [0.29, 0.717) is 13.2 Å². The molecule has 1 aromatic heterocycles. The predicted octanol–water partition coefficient (Wildman–Crippen LogP) is 2.93. The molecule has 0 aliphatic carbocycles. The molecular formula is C23H27N3O2. The van der Waals surface area contributed by atoms with Gasteiger partial charge in [-0.05, 0) is 31.0 Å². The summed E-state index contributed by atoms with van der Waals surface area (Å²) < 4.78 is 9.69. The van der Waals surface area contributed by atoms with Crippen LogP contribution in [0.2, 0.25) is 0 Å². The highest BCUT2D eigenvalue weighted by molar-refractivity contribution is 5.33. The molecule has 0 radical (unpaired) electrons. The molecule has 0 N–H and O–H groups in total. The van der Waals surface area contributed by atoms with E-state index in [1.807, 2.05) is 55.1 Å². The van der Waals surface area contributed by atoms with Gasteiger partial charge in [-0.2, -0.15) is 0 Å². The van der Waals surface area contributed by atoms with Gasteiger partial charge in [-0.1, -0.05) is 48.5 Å². The van der Waals surface area contributed by atoms with Crippen LogP contribution >= 0.6 is 0 Å². The second kappa shape index (κ2) is 8.17. The Kier molecular flexibility index (Phi) is 5.46. The van der Waals surface area contributed by atoms with Gasteiger partial charge in [0.15, 0.2) is 0 Å². The third-order valence-corrected chi connectivity index (χ3v) is 5.58. The van der Waals surface area contributed by atoms with Crippen LogP contribution in [0.4, 0.5) is 0 Å². The molecule has 0 bridgehead atoms. The lowest BCUT2D eigenvalue weighted by molar-refractivity contribution is -0.0306. The first-order valence-electron chi connectivity index (χ1n) is 9.84. The molecule has 28 heavy (non-hydrogen) atoms. The van der Waals surface area contributed by atoms with E-state index in [2.05, 4.69) is 29.2 Å². The van der Waals surface area contributed by atoms with Crippen molar-refractivity contribution in [3.63, 3.8) is 0 Å². The van der Waals surface area contributed by atoms with Crippen molar-refractivity contribution in [1.29, 1.82) is 0 Å². The summed E-state index contributed by atoms with van der Waals surface area (Å²) in [5.74, 6) is 0. The van der Waals surface area contributed by atoms with Crippen LogP contribution in [0.25, 0.3) is 5.69 Å². The van der Waals surface area contributed by atoms with Crippen LogP contribution in [0, 0.1) is 6.92 Å². The Labute approximate surface area is 165 Å². The number of benzene rings is 2. The van der Waals surface area contributed by atoms with Gasteiger partial charge < -0.3 is 4.74 Å². The van der Waals surface area contributed by atoms with Crippen molar-refractivity contribution >= 4 is 0 Å². The molecule has 5 heteroatoms. The molecule has 1 aliphatic rings. The lowest BCUT2D eigenvalue weighted by Gasteiger charge is -2.32. The first kappa shape index (κ1) is 18.7. The highest BCUT2D eigenvalue weighted by Crippen LogP contribution is 2.16. The summed E-state index contributed by atoms with van der Waals surface area (Å²) in [6.07, 6.45) is 1.07. The van der Waals surface area contributed by atoms with E-state index in [-0.39, 0.29) is 11.7 Å². The molecule has 1 saturated heterocycles. The fourth-order valence-electron chi connectivity index (χ4n) is 3.95. The van der Waals surface area contributed by atoms with Crippen LogP contribution in [-0.4, -0.2) is 40.1 Å². The Bertz CT molecular complexity index is 976. The van der Waals surface area contributed by atoms with Crippen LogP contribution in [-0.2, 0) is 24.8 Å². The molecule has 1 aliphatic heterocycles. The molecule has 2 aromatic carbocycles. The van der Waals surface area contributed by atoms with E-state index in [0.717, 1.165) is 36.5 Å². The van der Waals surface area contributed by atoms with Crippen LogP contribution in [0.3, 0.4) is 0 Å². The number of aromatic nitrogens is 2. The average Bonchev–Trinajstić information content (AvgIpc) is 2.93. The highest BCUT2D eigenvalue weighted by atomic mass is 16.5. The average molecular weight is 377 g/mol. The standard InChI is InChI=1S/C23H27N3O2/c1-18-22(23(27)26(24(18)2)20-11-7-4-8-12-20)17-25-13-14-28-21(16-25)15-19-9-5-3-6-10-19/h3-12,21H,13-17H2,1-2H3. The normalized spacial score (nSPS) is 17.7. The van der Waals surface area contributed by atoms with Gasteiger partial charge in [0.2, 0.25) is 0 Å². The van der Waals surface area contributed by atoms with Crippen molar-refractivity contribution in [2.45, 2.75) is 26.0 Å². The molecule has 146 valence electrons. The Morgan fingerprint density at radius 3 is 2.43 bits per heavy atom. The molecule has 1 fully saturated rings. The van der Waals surface area contributed by atoms with E-state index in [9.17, 15) is 4.79 Å². The first-order chi connectivity index (χ1) is 13.6. The molecule has 1 unspecified atom stereocenters. The minimum Gasteiger partial charge on any atom is -0.375 e. The molecular weight excluding hydrogens is 350 g/mol. The summed E-state index contributed by atoms with van der Waals surface area (Å²) in [7, 11) is 1.95. The summed E-state index contributed by atoms with van der Waals surface area (Å²) >= 11 is 0. The monoisotopic (exact) mass is 377 g/mol. The predicted molar refractivity (Wildman–Crippen MR) is 111 cm³/mol. The van der Waals surface area contributed by atoms with Crippen molar-refractivity contribution < 1.29 is 4.74 Å². The number of rotatable bonds is 5.